The van der Waals surface area contributed by atoms with Gasteiger partial charge in [0.05, 0.1) is 16.8 Å². The molecule has 0 saturated carbocycles. The third-order valence-electron chi connectivity index (χ3n) is 3.61. The predicted octanol–water partition coefficient (Wildman–Crippen LogP) is 4.40. The molecule has 0 unspecified atom stereocenters. The highest BCUT2D eigenvalue weighted by molar-refractivity contribution is 7.84. The number of benzene rings is 1. The van der Waals surface area contributed by atoms with Gasteiger partial charge in [-0.1, -0.05) is 12.0 Å². The average molecular weight is 405 g/mol. The summed E-state index contributed by atoms with van der Waals surface area (Å²) in [5.41, 5.74) is -0.528. The Hall–Kier alpha value is -2.79. The van der Waals surface area contributed by atoms with Gasteiger partial charge in [-0.25, -0.2) is 0 Å². The van der Waals surface area contributed by atoms with Crippen LogP contribution in [0.15, 0.2) is 50.6 Å². The Balaban J connectivity index is 2.43. The summed E-state index contributed by atoms with van der Waals surface area (Å²) >= 11 is 4.19. The highest BCUT2D eigenvalue weighted by atomic mass is 32.1. The second kappa shape index (κ2) is 9.42. The molecule has 0 spiro atoms. The molecule has 0 fully saturated rings. The number of nitrogens with zero attached hydrogens (tertiary/aromatic N) is 2. The third kappa shape index (κ3) is 5.86. The summed E-state index contributed by atoms with van der Waals surface area (Å²) in [7, 11) is 0. The Labute approximate surface area is 166 Å². The van der Waals surface area contributed by atoms with Crippen molar-refractivity contribution in [1.29, 1.82) is 0 Å². The zero-order chi connectivity index (χ0) is 20.7. The van der Waals surface area contributed by atoms with E-state index in [0.29, 0.717) is 29.3 Å². The maximum Gasteiger partial charge on any atom is 0.417 e. The molecule has 0 saturated heterocycles. The number of halogens is 3. The lowest BCUT2D eigenvalue weighted by atomic mass is 10.0. The molecule has 1 heterocycles. The molecular weight excluding hydrogens is 387 g/mol. The molecule has 1 aliphatic heterocycles. The first-order chi connectivity index (χ1) is 13.2. The molecule has 8 heteroatoms. The zero-order valence-corrected chi connectivity index (χ0v) is 16.2. The van der Waals surface area contributed by atoms with E-state index in [-0.39, 0.29) is 5.56 Å². The zero-order valence-electron chi connectivity index (χ0n) is 15.3. The van der Waals surface area contributed by atoms with Crippen LogP contribution in [-0.2, 0) is 6.18 Å². The lowest BCUT2D eigenvalue weighted by molar-refractivity contribution is -0.137. The summed E-state index contributed by atoms with van der Waals surface area (Å²) in [6.45, 7) is 3.99. The van der Waals surface area contributed by atoms with Gasteiger partial charge in [0, 0.05) is 29.4 Å². The van der Waals surface area contributed by atoms with Crippen LogP contribution >= 0.6 is 12.6 Å². The van der Waals surface area contributed by atoms with E-state index in [9.17, 15) is 18.0 Å². The first-order valence-corrected chi connectivity index (χ1v) is 8.80. The summed E-state index contributed by atoms with van der Waals surface area (Å²) in [4.78, 5) is 21.1. The molecule has 0 bridgehead atoms. The Morgan fingerprint density at radius 3 is 2.71 bits per heavy atom. The standard InChI is InChI=1S/C20H18F3N3OS/c1-3-25-18(13(2)28)9-7-14-6-8-17(20(21,22)23)16(11-14)19(27)26-15-5-4-10-24-12-15/h3,5-6,8,11-12,28H,4,10H2,1-2H3,(H,26,27)/b18-13-,25-3+. The topological polar surface area (TPSA) is 53.8 Å². The summed E-state index contributed by atoms with van der Waals surface area (Å²) in [5.74, 6) is 4.61. The van der Waals surface area contributed by atoms with E-state index in [1.54, 1.807) is 19.9 Å². The monoisotopic (exact) mass is 405 g/mol. The summed E-state index contributed by atoms with van der Waals surface area (Å²) < 4.78 is 40.0. The number of hydrogen-bond acceptors (Lipinski definition) is 4. The van der Waals surface area contributed by atoms with Crippen LogP contribution in [0.5, 0.6) is 0 Å². The van der Waals surface area contributed by atoms with E-state index in [1.807, 2.05) is 0 Å². The normalized spacial score (nSPS) is 14.9. The SMILES string of the molecule is C/C=N/C(C#Cc1ccc(C(F)(F)F)c(C(=O)NC2=CCCN=C2)c1)=C(/C)S. The minimum absolute atomic E-state index is 0.253. The van der Waals surface area contributed by atoms with Crippen LogP contribution in [0.1, 0.15) is 41.8 Å². The van der Waals surface area contributed by atoms with Gasteiger partial charge in [-0.05, 0) is 44.4 Å². The fourth-order valence-electron chi connectivity index (χ4n) is 2.33. The maximum atomic E-state index is 13.3. The van der Waals surface area contributed by atoms with Crippen LogP contribution in [0.4, 0.5) is 13.2 Å². The molecule has 1 amide bonds. The second-order valence-electron chi connectivity index (χ2n) is 5.77. The number of dihydropyridines is 1. The number of carbonyl (C=O) groups excluding carboxylic acids is 1. The van der Waals surface area contributed by atoms with E-state index in [1.165, 1.54) is 18.5 Å². The number of nitrogens with one attached hydrogen (secondary N) is 1. The number of amides is 1. The Kier molecular flexibility index (Phi) is 7.24. The van der Waals surface area contributed by atoms with Crippen molar-refractivity contribution < 1.29 is 18.0 Å². The average Bonchev–Trinajstić information content (AvgIpc) is 2.64. The Morgan fingerprint density at radius 2 is 2.14 bits per heavy atom. The van der Waals surface area contributed by atoms with Gasteiger partial charge in [-0.15, -0.1) is 12.6 Å². The Bertz CT molecular complexity index is 944. The highest BCUT2D eigenvalue weighted by Gasteiger charge is 2.35. The van der Waals surface area contributed by atoms with Gasteiger partial charge in [-0.3, -0.25) is 14.8 Å². The van der Waals surface area contributed by atoms with Crippen LogP contribution in [0.3, 0.4) is 0 Å². The molecule has 0 atom stereocenters. The molecule has 146 valence electrons. The number of alkyl halides is 3. The molecule has 4 nitrogen and oxygen atoms in total. The fourth-order valence-corrected chi connectivity index (χ4v) is 2.44. The molecule has 0 radical (unpaired) electrons. The summed E-state index contributed by atoms with van der Waals surface area (Å²) in [6.07, 6.45) is 0.604. The van der Waals surface area contributed by atoms with Crippen molar-refractivity contribution >= 4 is 31.0 Å². The van der Waals surface area contributed by atoms with Crippen molar-refractivity contribution in [3.05, 3.63) is 57.3 Å². The second-order valence-corrected chi connectivity index (χ2v) is 6.44. The Morgan fingerprint density at radius 1 is 1.39 bits per heavy atom. The van der Waals surface area contributed by atoms with Gasteiger partial charge in [-0.2, -0.15) is 13.2 Å². The quantitative estimate of drug-likeness (QED) is 0.437. The summed E-state index contributed by atoms with van der Waals surface area (Å²) in [5, 5.41) is 2.46. The van der Waals surface area contributed by atoms with Gasteiger partial charge in [0.1, 0.15) is 5.70 Å². The first-order valence-electron chi connectivity index (χ1n) is 8.35. The van der Waals surface area contributed by atoms with E-state index >= 15 is 0 Å². The van der Waals surface area contributed by atoms with Gasteiger partial charge in [0.2, 0.25) is 0 Å². The largest absolute Gasteiger partial charge is 0.417 e. The molecular formula is C20H18F3N3OS. The van der Waals surface area contributed by atoms with Gasteiger partial charge in [0.25, 0.3) is 5.91 Å². The smallest absolute Gasteiger partial charge is 0.321 e. The van der Waals surface area contributed by atoms with E-state index < -0.39 is 23.2 Å². The van der Waals surface area contributed by atoms with Crippen molar-refractivity contribution in [1.82, 2.24) is 5.32 Å². The number of thiol groups is 1. The van der Waals surface area contributed by atoms with Crippen molar-refractivity contribution in [2.75, 3.05) is 6.54 Å². The number of aliphatic imine (C=N–C) groups is 2. The molecule has 0 aliphatic carbocycles. The number of hydrogen-bond donors (Lipinski definition) is 2. The minimum Gasteiger partial charge on any atom is -0.321 e. The minimum atomic E-state index is -4.67. The van der Waals surface area contributed by atoms with E-state index in [4.69, 9.17) is 0 Å². The van der Waals surface area contributed by atoms with Crippen molar-refractivity contribution in [3.63, 3.8) is 0 Å². The maximum absolute atomic E-state index is 13.3. The van der Waals surface area contributed by atoms with Gasteiger partial charge >= 0.3 is 6.18 Å². The van der Waals surface area contributed by atoms with Crippen LogP contribution in [0.2, 0.25) is 0 Å². The number of carbonyl (C=O) groups is 1. The number of rotatable bonds is 3. The number of allylic oxidation sites excluding steroid dienone is 3. The lowest BCUT2D eigenvalue weighted by Gasteiger charge is -2.14. The van der Waals surface area contributed by atoms with Crippen LogP contribution in [0.25, 0.3) is 0 Å². The molecule has 1 N–H and O–H groups in total. The first kappa shape index (κ1) is 21.5. The van der Waals surface area contributed by atoms with Crippen LogP contribution < -0.4 is 5.32 Å². The molecule has 0 aromatic heterocycles. The van der Waals surface area contributed by atoms with E-state index in [2.05, 4.69) is 39.8 Å². The van der Waals surface area contributed by atoms with Gasteiger partial charge < -0.3 is 5.32 Å². The third-order valence-corrected chi connectivity index (χ3v) is 3.82. The van der Waals surface area contributed by atoms with Crippen molar-refractivity contribution in [2.45, 2.75) is 26.4 Å². The predicted molar refractivity (Wildman–Crippen MR) is 108 cm³/mol. The lowest BCUT2D eigenvalue weighted by Crippen LogP contribution is -2.27. The summed E-state index contributed by atoms with van der Waals surface area (Å²) in [6, 6.07) is 3.18. The van der Waals surface area contributed by atoms with Crippen molar-refractivity contribution in [3.8, 4) is 11.8 Å². The van der Waals surface area contributed by atoms with Crippen molar-refractivity contribution in [2.24, 2.45) is 9.98 Å². The van der Waals surface area contributed by atoms with Crippen LogP contribution in [-0.4, -0.2) is 24.9 Å². The molecule has 1 aliphatic rings. The van der Waals surface area contributed by atoms with Crippen LogP contribution in [0, 0.1) is 11.8 Å². The fraction of sp³-hybridized carbons (Fsp3) is 0.250. The molecule has 1 aromatic carbocycles. The molecule has 28 heavy (non-hydrogen) atoms. The van der Waals surface area contributed by atoms with Gasteiger partial charge in [0.15, 0.2) is 0 Å². The molecule has 2 rings (SSSR count). The van der Waals surface area contributed by atoms with E-state index in [0.717, 1.165) is 12.1 Å². The molecule has 1 aromatic rings. The highest BCUT2D eigenvalue weighted by Crippen LogP contribution is 2.32.